The third kappa shape index (κ3) is 6.69. The van der Waals surface area contributed by atoms with Crippen LogP contribution in [0.1, 0.15) is 22.3 Å². The van der Waals surface area contributed by atoms with Gasteiger partial charge in [0, 0.05) is 4.47 Å². The minimum absolute atomic E-state index is 0.155. The van der Waals surface area contributed by atoms with Gasteiger partial charge >= 0.3 is 0 Å². The Kier molecular flexibility index (Phi) is 8.84. The van der Waals surface area contributed by atoms with E-state index >= 15 is 0 Å². The first-order valence-electron chi connectivity index (χ1n) is 11.5. The number of rotatable bonds is 9. The third-order valence-corrected chi connectivity index (χ3v) is 7.35. The predicted octanol–water partition coefficient (Wildman–Crippen LogP) is 7.42. The van der Waals surface area contributed by atoms with Crippen molar-refractivity contribution in [1.82, 2.24) is 4.90 Å². The highest BCUT2D eigenvalue weighted by molar-refractivity contribution is 9.10. The van der Waals surface area contributed by atoms with Crippen molar-refractivity contribution in [3.63, 3.8) is 0 Å². The van der Waals surface area contributed by atoms with E-state index in [-0.39, 0.29) is 24.3 Å². The van der Waals surface area contributed by atoms with Crippen LogP contribution in [0.25, 0.3) is 6.08 Å². The predicted molar refractivity (Wildman–Crippen MR) is 151 cm³/mol. The smallest absolute Gasteiger partial charge is 0.293 e. The lowest BCUT2D eigenvalue weighted by Crippen LogP contribution is -2.32. The van der Waals surface area contributed by atoms with Crippen molar-refractivity contribution in [3.8, 4) is 17.2 Å². The highest BCUT2D eigenvalue weighted by Gasteiger charge is 2.35. The lowest BCUT2D eigenvalue weighted by atomic mass is 10.1. The van der Waals surface area contributed by atoms with Crippen LogP contribution in [0.4, 0.5) is 4.79 Å². The van der Waals surface area contributed by atoms with Crippen LogP contribution in [-0.2, 0) is 11.4 Å². The van der Waals surface area contributed by atoms with Crippen molar-refractivity contribution in [3.05, 3.63) is 91.3 Å². The molecular weight excluding hydrogens is 578 g/mol. The summed E-state index contributed by atoms with van der Waals surface area (Å²) in [6.07, 6.45) is 1.63. The molecule has 0 bridgehead atoms. The van der Waals surface area contributed by atoms with Crippen LogP contribution in [0, 0.1) is 13.8 Å². The Labute approximate surface area is 233 Å². The minimum atomic E-state index is -0.370. The van der Waals surface area contributed by atoms with Gasteiger partial charge in [-0.25, -0.2) is 0 Å². The number of carbonyl (C=O) groups excluding carboxylic acids is 2. The Balaban J connectivity index is 1.44. The summed E-state index contributed by atoms with van der Waals surface area (Å²) in [5.41, 5.74) is 3.67. The van der Waals surface area contributed by atoms with Crippen molar-refractivity contribution in [2.75, 3.05) is 20.3 Å². The first-order chi connectivity index (χ1) is 17.7. The summed E-state index contributed by atoms with van der Waals surface area (Å²) in [4.78, 5) is 27.0. The molecule has 0 aliphatic carbocycles. The second-order valence-corrected chi connectivity index (χ2v) is 10.7. The molecule has 4 rings (SSSR count). The Hall–Kier alpha value is -2.94. The van der Waals surface area contributed by atoms with Gasteiger partial charge < -0.3 is 14.2 Å². The molecule has 0 spiro atoms. The molecule has 0 unspecified atom stereocenters. The normalized spacial score (nSPS) is 14.4. The SMILES string of the molecule is COc1cc(/C=C2\SC(=O)N(CCOc3cc(C)ccc3C)C2=O)cc(Cl)c1OCc1ccc(Br)cc1. The molecule has 3 aromatic rings. The maximum atomic E-state index is 12.9. The molecule has 0 aromatic heterocycles. The molecule has 1 fully saturated rings. The second kappa shape index (κ2) is 12.1. The molecule has 192 valence electrons. The number of ether oxygens (including phenoxy) is 3. The minimum Gasteiger partial charge on any atom is -0.493 e. The second-order valence-electron chi connectivity index (χ2n) is 8.40. The van der Waals surface area contributed by atoms with E-state index in [1.807, 2.05) is 56.3 Å². The summed E-state index contributed by atoms with van der Waals surface area (Å²) < 4.78 is 18.2. The fraction of sp³-hybridized carbons (Fsp3) is 0.214. The number of amides is 2. The summed E-state index contributed by atoms with van der Waals surface area (Å²) in [6, 6.07) is 17.1. The van der Waals surface area contributed by atoms with Crippen LogP contribution in [0.3, 0.4) is 0 Å². The van der Waals surface area contributed by atoms with E-state index < -0.39 is 0 Å². The van der Waals surface area contributed by atoms with Crippen molar-refractivity contribution in [2.45, 2.75) is 20.5 Å². The first-order valence-corrected chi connectivity index (χ1v) is 13.4. The standard InChI is InChI=1S/C28H25BrClNO5S/c1-17-4-5-18(2)23(12-17)35-11-10-31-27(32)25(37-28(31)33)15-20-13-22(30)26(24(14-20)34-3)36-16-19-6-8-21(29)9-7-19/h4-9,12-15H,10-11,16H2,1-3H3/b25-15-. The van der Waals surface area contributed by atoms with E-state index in [1.165, 1.54) is 12.0 Å². The molecule has 1 saturated heterocycles. The zero-order valence-corrected chi connectivity index (χ0v) is 23.7. The molecule has 1 aliphatic heterocycles. The number of methoxy groups -OCH3 is 1. The number of halogens is 2. The van der Waals surface area contributed by atoms with Gasteiger partial charge in [0.15, 0.2) is 11.5 Å². The molecule has 9 heteroatoms. The molecule has 3 aromatic carbocycles. The van der Waals surface area contributed by atoms with Crippen LogP contribution in [0.2, 0.25) is 5.02 Å². The van der Waals surface area contributed by atoms with Gasteiger partial charge in [-0.2, -0.15) is 0 Å². The van der Waals surface area contributed by atoms with E-state index in [0.29, 0.717) is 33.6 Å². The van der Waals surface area contributed by atoms with Crippen LogP contribution < -0.4 is 14.2 Å². The summed E-state index contributed by atoms with van der Waals surface area (Å²) in [7, 11) is 1.52. The van der Waals surface area contributed by atoms with E-state index in [1.54, 1.807) is 18.2 Å². The number of thioether (sulfide) groups is 1. The third-order valence-electron chi connectivity index (χ3n) is 5.64. The Bertz CT molecular complexity index is 1360. The molecular formula is C28H25BrClNO5S. The monoisotopic (exact) mass is 601 g/mol. The number of carbonyl (C=O) groups is 2. The van der Waals surface area contributed by atoms with Gasteiger partial charge in [0.2, 0.25) is 0 Å². The average molecular weight is 603 g/mol. The largest absolute Gasteiger partial charge is 0.493 e. The van der Waals surface area contributed by atoms with Gasteiger partial charge in [0.1, 0.15) is 19.0 Å². The molecule has 0 atom stereocenters. The maximum absolute atomic E-state index is 12.9. The van der Waals surface area contributed by atoms with Gasteiger partial charge in [-0.1, -0.05) is 51.8 Å². The van der Waals surface area contributed by atoms with Crippen LogP contribution in [0.15, 0.2) is 64.0 Å². The van der Waals surface area contributed by atoms with Gasteiger partial charge in [-0.15, -0.1) is 0 Å². The van der Waals surface area contributed by atoms with E-state index in [9.17, 15) is 9.59 Å². The highest BCUT2D eigenvalue weighted by atomic mass is 79.9. The zero-order valence-electron chi connectivity index (χ0n) is 20.5. The van der Waals surface area contributed by atoms with Crippen LogP contribution >= 0.6 is 39.3 Å². The Morgan fingerprint density at radius 1 is 1.00 bits per heavy atom. The Morgan fingerprint density at radius 3 is 2.49 bits per heavy atom. The topological polar surface area (TPSA) is 65.1 Å². The van der Waals surface area contributed by atoms with Gasteiger partial charge in [0.05, 0.1) is 23.6 Å². The zero-order chi connectivity index (χ0) is 26.5. The van der Waals surface area contributed by atoms with Crippen molar-refractivity contribution in [1.29, 1.82) is 0 Å². The fourth-order valence-electron chi connectivity index (χ4n) is 3.65. The summed E-state index contributed by atoms with van der Waals surface area (Å²) in [6.45, 7) is 4.61. The number of hydrogen-bond acceptors (Lipinski definition) is 6. The van der Waals surface area contributed by atoms with Crippen LogP contribution in [0.5, 0.6) is 17.2 Å². The number of imide groups is 1. The summed E-state index contributed by atoms with van der Waals surface area (Å²) >= 11 is 10.8. The molecule has 1 aliphatic rings. The fourth-order valence-corrected chi connectivity index (χ4v) is 5.06. The number of hydrogen-bond donors (Lipinski definition) is 0. The lowest BCUT2D eigenvalue weighted by molar-refractivity contribution is -0.123. The van der Waals surface area contributed by atoms with E-state index in [0.717, 1.165) is 38.7 Å². The maximum Gasteiger partial charge on any atom is 0.293 e. The van der Waals surface area contributed by atoms with Crippen molar-refractivity contribution >= 4 is 56.5 Å². The average Bonchev–Trinajstić information content (AvgIpc) is 3.13. The molecule has 0 saturated carbocycles. The highest BCUT2D eigenvalue weighted by Crippen LogP contribution is 2.39. The van der Waals surface area contributed by atoms with Crippen LogP contribution in [-0.4, -0.2) is 36.3 Å². The summed E-state index contributed by atoms with van der Waals surface area (Å²) in [5, 5.41) is -0.00260. The van der Waals surface area contributed by atoms with Gasteiger partial charge in [-0.3, -0.25) is 14.5 Å². The molecule has 37 heavy (non-hydrogen) atoms. The van der Waals surface area contributed by atoms with E-state index in [2.05, 4.69) is 15.9 Å². The lowest BCUT2D eigenvalue weighted by Gasteiger charge is -2.15. The molecule has 1 heterocycles. The molecule has 0 N–H and O–H groups in total. The summed E-state index contributed by atoms with van der Waals surface area (Å²) in [5.74, 6) is 1.20. The number of nitrogens with zero attached hydrogens (tertiary/aromatic N) is 1. The molecule has 6 nitrogen and oxygen atoms in total. The Morgan fingerprint density at radius 2 is 1.76 bits per heavy atom. The number of benzene rings is 3. The van der Waals surface area contributed by atoms with Crippen molar-refractivity contribution < 1.29 is 23.8 Å². The first kappa shape index (κ1) is 27.1. The van der Waals surface area contributed by atoms with Crippen molar-refractivity contribution in [2.24, 2.45) is 0 Å². The quantitative estimate of drug-likeness (QED) is 0.238. The number of aryl methyl sites for hydroxylation is 2. The van der Waals surface area contributed by atoms with Gasteiger partial charge in [-0.05, 0) is 84.3 Å². The molecule has 0 radical (unpaired) electrons. The van der Waals surface area contributed by atoms with E-state index in [4.69, 9.17) is 25.8 Å². The molecule has 2 amide bonds. The van der Waals surface area contributed by atoms with Gasteiger partial charge in [0.25, 0.3) is 11.1 Å².